The monoisotopic (exact) mass is 304 g/mol. The minimum absolute atomic E-state index is 0.333. The molecule has 6 nitrogen and oxygen atoms in total. The van der Waals surface area contributed by atoms with E-state index in [1.54, 1.807) is 37.3 Å². The highest BCUT2D eigenvalue weighted by atomic mass is 32.2. The summed E-state index contributed by atoms with van der Waals surface area (Å²) in [4.78, 5) is 19.9. The molecule has 0 bridgehead atoms. The number of hydrogen-bond acceptors (Lipinski definition) is 7. The van der Waals surface area contributed by atoms with Crippen LogP contribution in [0.25, 0.3) is 0 Å². The Morgan fingerprint density at radius 2 is 2.05 bits per heavy atom. The van der Waals surface area contributed by atoms with Gasteiger partial charge in [-0.05, 0) is 37.4 Å². The number of benzene rings is 1. The van der Waals surface area contributed by atoms with Crippen molar-refractivity contribution in [1.82, 2.24) is 9.97 Å². The van der Waals surface area contributed by atoms with E-state index in [-0.39, 0.29) is 5.97 Å². The van der Waals surface area contributed by atoms with E-state index in [1.807, 2.05) is 6.26 Å². The van der Waals surface area contributed by atoms with Gasteiger partial charge in [-0.15, -0.1) is 0 Å². The van der Waals surface area contributed by atoms with Crippen molar-refractivity contribution in [2.24, 2.45) is 0 Å². The summed E-state index contributed by atoms with van der Waals surface area (Å²) in [6.07, 6.45) is 1.88. The fourth-order valence-corrected chi connectivity index (χ4v) is 2.04. The van der Waals surface area contributed by atoms with Crippen LogP contribution in [-0.4, -0.2) is 28.8 Å². The lowest BCUT2D eigenvalue weighted by atomic mass is 10.2. The van der Waals surface area contributed by atoms with Crippen molar-refractivity contribution in [1.29, 1.82) is 0 Å². The zero-order chi connectivity index (χ0) is 15.2. The van der Waals surface area contributed by atoms with Gasteiger partial charge in [-0.25, -0.2) is 14.8 Å². The van der Waals surface area contributed by atoms with Crippen molar-refractivity contribution >= 4 is 35.1 Å². The van der Waals surface area contributed by atoms with E-state index in [9.17, 15) is 4.79 Å². The second-order valence-electron chi connectivity index (χ2n) is 4.09. The van der Waals surface area contributed by atoms with Gasteiger partial charge in [-0.3, -0.25) is 0 Å². The molecular formula is C14H16N4O2S. The molecule has 0 aliphatic heterocycles. The molecule has 1 aromatic heterocycles. The number of carbonyl (C=O) groups excluding carboxylic acids is 1. The maximum atomic E-state index is 11.6. The largest absolute Gasteiger partial charge is 0.462 e. The zero-order valence-electron chi connectivity index (χ0n) is 11.8. The van der Waals surface area contributed by atoms with E-state index < -0.39 is 0 Å². The van der Waals surface area contributed by atoms with Crippen LogP contribution in [0, 0.1) is 0 Å². The Hall–Kier alpha value is -2.28. The molecule has 2 aromatic rings. The molecule has 1 heterocycles. The van der Waals surface area contributed by atoms with Gasteiger partial charge in [0.2, 0.25) is 0 Å². The summed E-state index contributed by atoms with van der Waals surface area (Å²) in [6.45, 7) is 2.13. The number of nitrogens with one attached hydrogen (secondary N) is 1. The Morgan fingerprint density at radius 3 is 2.67 bits per heavy atom. The molecular weight excluding hydrogens is 288 g/mol. The van der Waals surface area contributed by atoms with Crippen LogP contribution in [0.1, 0.15) is 17.3 Å². The Morgan fingerprint density at radius 1 is 1.33 bits per heavy atom. The quantitative estimate of drug-likeness (QED) is 0.498. The lowest BCUT2D eigenvalue weighted by Crippen LogP contribution is -2.04. The van der Waals surface area contributed by atoms with Crippen molar-refractivity contribution < 1.29 is 9.53 Å². The molecule has 21 heavy (non-hydrogen) atoms. The number of nitrogens with two attached hydrogens (primary N) is 1. The molecule has 1 aromatic carbocycles. The van der Waals surface area contributed by atoms with Crippen LogP contribution in [0.5, 0.6) is 0 Å². The number of ether oxygens (including phenoxy) is 1. The SMILES string of the molecule is CCOC(=O)c1ccc(Nc2cc(N)nc(SC)n2)cc1. The van der Waals surface area contributed by atoms with Crippen LogP contribution >= 0.6 is 11.8 Å². The summed E-state index contributed by atoms with van der Waals surface area (Å²) >= 11 is 1.42. The van der Waals surface area contributed by atoms with Gasteiger partial charge >= 0.3 is 5.97 Å². The smallest absolute Gasteiger partial charge is 0.338 e. The molecule has 0 fully saturated rings. The highest BCUT2D eigenvalue weighted by Gasteiger charge is 2.06. The maximum Gasteiger partial charge on any atom is 0.338 e. The molecule has 2 rings (SSSR count). The summed E-state index contributed by atoms with van der Waals surface area (Å²) in [7, 11) is 0. The predicted octanol–water partition coefficient (Wildman–Crippen LogP) is 2.70. The highest BCUT2D eigenvalue weighted by molar-refractivity contribution is 7.98. The molecule has 0 atom stereocenters. The normalized spacial score (nSPS) is 10.2. The van der Waals surface area contributed by atoms with E-state index >= 15 is 0 Å². The van der Waals surface area contributed by atoms with Gasteiger partial charge in [0.05, 0.1) is 12.2 Å². The number of nitrogens with zero attached hydrogens (tertiary/aromatic N) is 2. The first-order chi connectivity index (χ1) is 10.1. The first kappa shape index (κ1) is 15.1. The summed E-state index contributed by atoms with van der Waals surface area (Å²) < 4.78 is 4.93. The van der Waals surface area contributed by atoms with E-state index in [1.165, 1.54) is 11.8 Å². The average Bonchev–Trinajstić information content (AvgIpc) is 2.47. The Balaban J connectivity index is 2.13. The van der Waals surface area contributed by atoms with Gasteiger partial charge in [0.25, 0.3) is 0 Å². The zero-order valence-corrected chi connectivity index (χ0v) is 12.6. The molecule has 110 valence electrons. The van der Waals surface area contributed by atoms with Gasteiger partial charge in [0.1, 0.15) is 11.6 Å². The van der Waals surface area contributed by atoms with E-state index in [4.69, 9.17) is 10.5 Å². The Bertz CT molecular complexity index is 631. The fourth-order valence-electron chi connectivity index (χ4n) is 1.65. The molecule has 0 aliphatic carbocycles. The topological polar surface area (TPSA) is 90.1 Å². The highest BCUT2D eigenvalue weighted by Crippen LogP contribution is 2.20. The second kappa shape index (κ2) is 6.94. The van der Waals surface area contributed by atoms with Gasteiger partial charge in [0.15, 0.2) is 5.16 Å². The van der Waals surface area contributed by atoms with E-state index in [0.717, 1.165) is 5.69 Å². The van der Waals surface area contributed by atoms with Crippen LogP contribution in [0.3, 0.4) is 0 Å². The minimum Gasteiger partial charge on any atom is -0.462 e. The summed E-state index contributed by atoms with van der Waals surface area (Å²) in [5.41, 5.74) is 7.03. The molecule has 0 saturated heterocycles. The number of hydrogen-bond donors (Lipinski definition) is 2. The van der Waals surface area contributed by atoms with Crippen LogP contribution in [0.4, 0.5) is 17.3 Å². The van der Waals surface area contributed by atoms with Crippen LogP contribution in [-0.2, 0) is 4.74 Å². The van der Waals surface area contributed by atoms with Crippen molar-refractivity contribution in [2.45, 2.75) is 12.1 Å². The maximum absolute atomic E-state index is 11.6. The van der Waals surface area contributed by atoms with E-state index in [2.05, 4.69) is 15.3 Å². The molecule has 0 amide bonds. The number of aromatic nitrogens is 2. The van der Waals surface area contributed by atoms with Gasteiger partial charge in [-0.2, -0.15) is 0 Å². The third-order valence-electron chi connectivity index (χ3n) is 2.58. The summed E-state index contributed by atoms with van der Waals surface area (Å²) in [6, 6.07) is 8.60. The number of carbonyl (C=O) groups is 1. The Labute approximate surface area is 127 Å². The minimum atomic E-state index is -0.333. The predicted molar refractivity (Wildman–Crippen MR) is 83.9 cm³/mol. The van der Waals surface area contributed by atoms with Crippen molar-refractivity contribution in [3.8, 4) is 0 Å². The summed E-state index contributed by atoms with van der Waals surface area (Å²) in [5, 5.41) is 3.72. The molecule has 0 unspecified atom stereocenters. The molecule has 0 spiro atoms. The molecule has 0 radical (unpaired) electrons. The molecule has 0 aliphatic rings. The fraction of sp³-hybridized carbons (Fsp3) is 0.214. The van der Waals surface area contributed by atoms with Crippen LogP contribution < -0.4 is 11.1 Å². The van der Waals surface area contributed by atoms with Gasteiger partial charge in [-0.1, -0.05) is 11.8 Å². The third-order valence-corrected chi connectivity index (χ3v) is 3.12. The van der Waals surface area contributed by atoms with Crippen LogP contribution in [0.2, 0.25) is 0 Å². The standard InChI is InChI=1S/C14H16N4O2S/c1-3-20-13(19)9-4-6-10(7-5-9)16-12-8-11(15)17-14(18-12)21-2/h4-8H,3H2,1-2H3,(H3,15,16,17,18). The number of rotatable bonds is 5. The number of esters is 1. The Kier molecular flexibility index (Phi) is 4.99. The number of nitrogen functional groups attached to an aromatic ring is 1. The van der Waals surface area contributed by atoms with Gasteiger partial charge < -0.3 is 15.8 Å². The lowest BCUT2D eigenvalue weighted by Gasteiger charge is -2.08. The van der Waals surface area contributed by atoms with Crippen LogP contribution in [0.15, 0.2) is 35.5 Å². The average molecular weight is 304 g/mol. The number of anilines is 3. The first-order valence-corrected chi connectivity index (χ1v) is 7.57. The molecule has 0 saturated carbocycles. The third kappa shape index (κ3) is 4.09. The van der Waals surface area contributed by atoms with Crippen molar-refractivity contribution in [3.63, 3.8) is 0 Å². The van der Waals surface area contributed by atoms with E-state index in [0.29, 0.717) is 29.0 Å². The molecule has 3 N–H and O–H groups in total. The van der Waals surface area contributed by atoms with Gasteiger partial charge in [0, 0.05) is 11.8 Å². The van der Waals surface area contributed by atoms with Crippen molar-refractivity contribution in [2.75, 3.05) is 23.9 Å². The van der Waals surface area contributed by atoms with Crippen molar-refractivity contribution in [3.05, 3.63) is 35.9 Å². The number of thioether (sulfide) groups is 1. The molecule has 7 heteroatoms. The second-order valence-corrected chi connectivity index (χ2v) is 4.86. The lowest BCUT2D eigenvalue weighted by molar-refractivity contribution is 0.0526. The summed E-state index contributed by atoms with van der Waals surface area (Å²) in [5.74, 6) is 0.677. The first-order valence-electron chi connectivity index (χ1n) is 6.35.